The van der Waals surface area contributed by atoms with Gasteiger partial charge in [-0.05, 0) is 56.2 Å². The number of nitrogens with one attached hydrogen (secondary N) is 1. The predicted octanol–water partition coefficient (Wildman–Crippen LogP) is 4.75. The Balaban J connectivity index is 1.41. The SMILES string of the molecule is N#CCc1ccccc1C(=O)N1CCCCC(c2ncnc3[nH]ccc23)CCC12CC2. The monoisotopic (exact) mass is 413 g/mol. The molecule has 1 saturated heterocycles. The Morgan fingerprint density at radius 2 is 2.03 bits per heavy atom. The van der Waals surface area contributed by atoms with Gasteiger partial charge in [0.1, 0.15) is 12.0 Å². The first-order chi connectivity index (χ1) is 15.2. The molecule has 158 valence electrons. The van der Waals surface area contributed by atoms with E-state index >= 15 is 0 Å². The number of hydrogen-bond acceptors (Lipinski definition) is 4. The summed E-state index contributed by atoms with van der Waals surface area (Å²) in [5.74, 6) is 0.483. The molecular weight excluding hydrogens is 386 g/mol. The van der Waals surface area contributed by atoms with Gasteiger partial charge in [-0.25, -0.2) is 9.97 Å². The van der Waals surface area contributed by atoms with Gasteiger partial charge in [0.15, 0.2) is 0 Å². The molecule has 1 aliphatic heterocycles. The highest BCUT2D eigenvalue weighted by atomic mass is 16.2. The highest BCUT2D eigenvalue weighted by Crippen LogP contribution is 2.49. The van der Waals surface area contributed by atoms with E-state index in [1.807, 2.05) is 30.5 Å². The highest BCUT2D eigenvalue weighted by molar-refractivity contribution is 5.96. The maximum Gasteiger partial charge on any atom is 0.254 e. The van der Waals surface area contributed by atoms with Crippen LogP contribution in [0.25, 0.3) is 11.0 Å². The number of amides is 1. The Labute approximate surface area is 182 Å². The number of rotatable bonds is 3. The van der Waals surface area contributed by atoms with E-state index in [9.17, 15) is 10.1 Å². The summed E-state index contributed by atoms with van der Waals surface area (Å²) in [6, 6.07) is 11.9. The summed E-state index contributed by atoms with van der Waals surface area (Å²) in [6.45, 7) is 0.787. The predicted molar refractivity (Wildman–Crippen MR) is 118 cm³/mol. The minimum atomic E-state index is -0.0380. The third-order valence-corrected chi connectivity index (χ3v) is 7.08. The maximum atomic E-state index is 13.6. The van der Waals surface area contributed by atoms with E-state index in [-0.39, 0.29) is 17.9 Å². The fraction of sp³-hybridized carbons (Fsp3) is 0.440. The normalized spacial score (nSPS) is 20.6. The van der Waals surface area contributed by atoms with E-state index in [2.05, 4.69) is 32.0 Å². The van der Waals surface area contributed by atoms with Crippen LogP contribution in [-0.2, 0) is 6.42 Å². The van der Waals surface area contributed by atoms with Crippen LogP contribution in [0.3, 0.4) is 0 Å². The molecule has 1 saturated carbocycles. The van der Waals surface area contributed by atoms with Crippen LogP contribution < -0.4 is 0 Å². The van der Waals surface area contributed by atoms with Gasteiger partial charge < -0.3 is 9.88 Å². The fourth-order valence-electron chi connectivity index (χ4n) is 5.21. The summed E-state index contributed by atoms with van der Waals surface area (Å²) in [4.78, 5) is 28.0. The lowest BCUT2D eigenvalue weighted by molar-refractivity contribution is 0.0633. The number of nitrogens with zero attached hydrogens (tertiary/aromatic N) is 4. The van der Waals surface area contributed by atoms with Gasteiger partial charge in [0.25, 0.3) is 5.91 Å². The van der Waals surface area contributed by atoms with E-state index in [4.69, 9.17) is 0 Å². The van der Waals surface area contributed by atoms with Gasteiger partial charge in [0.05, 0.1) is 18.2 Å². The maximum absolute atomic E-state index is 13.6. The average molecular weight is 414 g/mol. The Morgan fingerprint density at radius 1 is 1.16 bits per heavy atom. The molecule has 1 unspecified atom stereocenters. The highest BCUT2D eigenvalue weighted by Gasteiger charge is 2.50. The van der Waals surface area contributed by atoms with Crippen molar-refractivity contribution in [2.45, 2.75) is 62.8 Å². The van der Waals surface area contributed by atoms with Crippen molar-refractivity contribution in [1.29, 1.82) is 5.26 Å². The number of aromatic nitrogens is 3. The molecule has 2 aliphatic rings. The fourth-order valence-corrected chi connectivity index (χ4v) is 5.21. The Kier molecular flexibility index (Phi) is 5.19. The lowest BCUT2D eigenvalue weighted by Gasteiger charge is -2.33. The van der Waals surface area contributed by atoms with Gasteiger partial charge in [0, 0.05) is 35.1 Å². The van der Waals surface area contributed by atoms with Crippen LogP contribution in [0, 0.1) is 11.3 Å². The van der Waals surface area contributed by atoms with E-state index in [1.54, 1.807) is 6.33 Å². The first-order valence-corrected chi connectivity index (χ1v) is 11.3. The second-order valence-electron chi connectivity index (χ2n) is 8.90. The second-order valence-corrected chi connectivity index (χ2v) is 8.90. The van der Waals surface area contributed by atoms with Crippen LogP contribution in [-0.4, -0.2) is 37.8 Å². The van der Waals surface area contributed by atoms with Crippen molar-refractivity contribution >= 4 is 16.9 Å². The minimum absolute atomic E-state index is 0.0380. The number of nitriles is 1. The summed E-state index contributed by atoms with van der Waals surface area (Å²) in [7, 11) is 0. The second kappa shape index (κ2) is 8.14. The number of hydrogen-bond donors (Lipinski definition) is 1. The Hall–Kier alpha value is -3.20. The van der Waals surface area contributed by atoms with Crippen LogP contribution in [0.4, 0.5) is 0 Å². The summed E-state index contributed by atoms with van der Waals surface area (Å²) in [5.41, 5.74) is 3.53. The molecule has 1 amide bonds. The van der Waals surface area contributed by atoms with E-state index < -0.39 is 0 Å². The van der Waals surface area contributed by atoms with E-state index in [0.717, 1.165) is 73.8 Å². The zero-order chi connectivity index (χ0) is 21.3. The summed E-state index contributed by atoms with van der Waals surface area (Å²) >= 11 is 0. The molecule has 1 aromatic carbocycles. The minimum Gasteiger partial charge on any atom is -0.346 e. The Morgan fingerprint density at radius 3 is 2.87 bits per heavy atom. The summed E-state index contributed by atoms with van der Waals surface area (Å²) in [5, 5.41) is 10.3. The molecular formula is C25H27N5O. The average Bonchev–Trinajstić information content (AvgIpc) is 3.38. The molecule has 6 nitrogen and oxygen atoms in total. The zero-order valence-corrected chi connectivity index (χ0v) is 17.7. The molecule has 1 spiro atoms. The van der Waals surface area contributed by atoms with Gasteiger partial charge in [-0.15, -0.1) is 0 Å². The van der Waals surface area contributed by atoms with Crippen molar-refractivity contribution in [3.63, 3.8) is 0 Å². The molecule has 0 bridgehead atoms. The number of H-pyrrole nitrogens is 1. The quantitative estimate of drug-likeness (QED) is 0.672. The van der Waals surface area contributed by atoms with Crippen molar-refractivity contribution in [3.8, 4) is 6.07 Å². The van der Waals surface area contributed by atoms with Crippen LogP contribution >= 0.6 is 0 Å². The molecule has 31 heavy (non-hydrogen) atoms. The molecule has 6 heteroatoms. The number of fused-ring (bicyclic) bond motifs is 1. The van der Waals surface area contributed by atoms with Crippen molar-refractivity contribution in [1.82, 2.24) is 19.9 Å². The Bertz CT molecular complexity index is 1140. The molecule has 2 fully saturated rings. The number of benzene rings is 1. The van der Waals surface area contributed by atoms with Crippen molar-refractivity contribution < 1.29 is 4.79 Å². The van der Waals surface area contributed by atoms with Gasteiger partial charge >= 0.3 is 0 Å². The van der Waals surface area contributed by atoms with Gasteiger partial charge in [-0.2, -0.15) is 5.26 Å². The van der Waals surface area contributed by atoms with Crippen molar-refractivity contribution in [2.24, 2.45) is 0 Å². The van der Waals surface area contributed by atoms with Crippen molar-refractivity contribution in [2.75, 3.05) is 6.54 Å². The molecule has 3 aromatic rings. The number of carbonyl (C=O) groups is 1. The standard InChI is InChI=1S/C25H27N5O/c26-14-9-18-5-1-2-7-20(18)24(31)30-16-4-3-6-19(8-11-25(30)12-13-25)22-21-10-15-27-23(21)29-17-28-22/h1-2,5,7,10,15,17,19H,3-4,6,8-9,11-13,16H2,(H,27,28,29). The third kappa shape index (κ3) is 3.69. The molecule has 1 atom stereocenters. The largest absolute Gasteiger partial charge is 0.346 e. The smallest absolute Gasteiger partial charge is 0.254 e. The lowest BCUT2D eigenvalue weighted by Crippen LogP contribution is -2.43. The molecule has 5 rings (SSSR count). The van der Waals surface area contributed by atoms with Gasteiger partial charge in [0.2, 0.25) is 0 Å². The summed E-state index contributed by atoms with van der Waals surface area (Å²) < 4.78 is 0. The number of carbonyl (C=O) groups excluding carboxylic acids is 1. The first-order valence-electron chi connectivity index (χ1n) is 11.3. The van der Waals surface area contributed by atoms with Crippen LogP contribution in [0.5, 0.6) is 0 Å². The van der Waals surface area contributed by atoms with Crippen LogP contribution in [0.15, 0.2) is 42.9 Å². The van der Waals surface area contributed by atoms with Crippen LogP contribution in [0.1, 0.15) is 72.5 Å². The number of aromatic amines is 1. The van der Waals surface area contributed by atoms with Crippen molar-refractivity contribution in [3.05, 3.63) is 59.7 Å². The van der Waals surface area contributed by atoms with Gasteiger partial charge in [-0.3, -0.25) is 4.79 Å². The first kappa shape index (κ1) is 19.7. The molecule has 1 N–H and O–H groups in total. The van der Waals surface area contributed by atoms with E-state index in [1.165, 1.54) is 0 Å². The van der Waals surface area contributed by atoms with Crippen LogP contribution in [0.2, 0.25) is 0 Å². The molecule has 0 radical (unpaired) electrons. The summed E-state index contributed by atoms with van der Waals surface area (Å²) in [6.07, 6.45) is 11.2. The van der Waals surface area contributed by atoms with Gasteiger partial charge in [-0.1, -0.05) is 24.6 Å². The molecule has 2 aromatic heterocycles. The lowest BCUT2D eigenvalue weighted by atomic mass is 9.90. The topological polar surface area (TPSA) is 85.7 Å². The third-order valence-electron chi connectivity index (χ3n) is 7.08. The zero-order valence-electron chi connectivity index (χ0n) is 17.7. The molecule has 1 aliphatic carbocycles. The molecule has 3 heterocycles. The van der Waals surface area contributed by atoms with E-state index in [0.29, 0.717) is 11.5 Å².